The number of ketones is 2. The molecule has 182 valence electrons. The predicted molar refractivity (Wildman–Crippen MR) is 113 cm³/mol. The molecule has 8 heteroatoms. The van der Waals surface area contributed by atoms with E-state index in [0.717, 1.165) is 12.5 Å². The highest BCUT2D eigenvalue weighted by atomic mass is 19.1. The molecule has 5 rings (SSSR count). The molecule has 1 saturated heterocycles. The van der Waals surface area contributed by atoms with Crippen LogP contribution in [0.4, 0.5) is 8.78 Å². The number of fused-ring (bicyclic) bond motifs is 7. The van der Waals surface area contributed by atoms with Gasteiger partial charge in [0, 0.05) is 16.7 Å². The van der Waals surface area contributed by atoms with Crippen LogP contribution in [-0.2, 0) is 19.1 Å². The van der Waals surface area contributed by atoms with Gasteiger partial charge in [0.15, 0.2) is 29.1 Å². The number of aliphatic hydroxyl groups excluding tert-OH is 2. The first-order valence-corrected chi connectivity index (χ1v) is 11.9. The van der Waals surface area contributed by atoms with Crippen LogP contribution in [0.5, 0.6) is 0 Å². The van der Waals surface area contributed by atoms with Crippen molar-refractivity contribution >= 4 is 11.6 Å². The average molecular weight is 467 g/mol. The second-order valence-corrected chi connectivity index (χ2v) is 10.9. The summed E-state index contributed by atoms with van der Waals surface area (Å²) in [5, 5.41) is 21.2. The highest BCUT2D eigenvalue weighted by molar-refractivity contribution is 6.01. The minimum absolute atomic E-state index is 0.0613. The Labute approximate surface area is 192 Å². The van der Waals surface area contributed by atoms with Gasteiger partial charge in [-0.15, -0.1) is 0 Å². The maximum absolute atomic E-state index is 17.2. The SMILES string of the molecule is CCC[C@@H]1OC2C[C@H]3C4C[C@H](F)C5=CC(=O)C=C[C@]5(C)[C@@]4(F)[C@@H](O)C[C@]3(C)[C@]2(C(=O)CO)O1. The standard InChI is InChI=1S/C25H32F2O6/c1-4-5-21-32-20-10-14-15-9-17(26)16-8-13(29)6-7-22(16,2)24(15,27)18(30)11-23(14,3)25(20,33-21)19(31)12-28/h6-8,14-15,17-18,20-21,28,30H,4-5,9-12H2,1-3H3/t14-,15?,17-,18-,20?,21+,22-,23-,24-,25+/m0/s1. The largest absolute Gasteiger partial charge is 0.390 e. The Morgan fingerprint density at radius 1 is 1.27 bits per heavy atom. The number of halogens is 2. The summed E-state index contributed by atoms with van der Waals surface area (Å²) in [6.07, 6.45) is 0.682. The van der Waals surface area contributed by atoms with Crippen molar-refractivity contribution in [2.45, 2.75) is 88.8 Å². The lowest BCUT2D eigenvalue weighted by atomic mass is 9.44. The lowest BCUT2D eigenvalue weighted by Crippen LogP contribution is -2.70. The molecule has 10 atom stereocenters. The Morgan fingerprint density at radius 2 is 2.00 bits per heavy atom. The number of carbonyl (C=O) groups is 2. The van der Waals surface area contributed by atoms with Gasteiger partial charge in [-0.1, -0.05) is 26.3 Å². The Hall–Kier alpha value is -1.48. The number of aliphatic hydroxyl groups is 2. The molecule has 0 radical (unpaired) electrons. The summed E-state index contributed by atoms with van der Waals surface area (Å²) >= 11 is 0. The Kier molecular flexibility index (Phi) is 5.12. The van der Waals surface area contributed by atoms with Gasteiger partial charge in [0.2, 0.25) is 0 Å². The fourth-order valence-electron chi connectivity index (χ4n) is 8.00. The quantitative estimate of drug-likeness (QED) is 0.662. The number of alkyl halides is 2. The number of carbonyl (C=O) groups excluding carboxylic acids is 2. The normalized spacial score (nSPS) is 52.6. The van der Waals surface area contributed by atoms with E-state index in [2.05, 4.69) is 0 Å². The third-order valence-electron chi connectivity index (χ3n) is 9.50. The van der Waals surface area contributed by atoms with Crippen molar-refractivity contribution in [3.05, 3.63) is 23.8 Å². The minimum atomic E-state index is -2.23. The molecule has 6 nitrogen and oxygen atoms in total. The molecule has 0 amide bonds. The predicted octanol–water partition coefficient (Wildman–Crippen LogP) is 2.76. The zero-order valence-electron chi connectivity index (χ0n) is 19.2. The molecule has 1 aliphatic heterocycles. The summed E-state index contributed by atoms with van der Waals surface area (Å²) in [6, 6.07) is 0. The molecule has 2 unspecified atom stereocenters. The zero-order valence-corrected chi connectivity index (χ0v) is 19.2. The number of hydrogen-bond donors (Lipinski definition) is 2. The van der Waals surface area contributed by atoms with E-state index >= 15 is 8.78 Å². The number of hydrogen-bond acceptors (Lipinski definition) is 6. The molecule has 33 heavy (non-hydrogen) atoms. The van der Waals surface area contributed by atoms with Crippen molar-refractivity contribution < 1.29 is 38.1 Å². The third kappa shape index (κ3) is 2.61. The van der Waals surface area contributed by atoms with Crippen LogP contribution in [-0.4, -0.2) is 64.3 Å². The van der Waals surface area contributed by atoms with Gasteiger partial charge < -0.3 is 19.7 Å². The molecule has 0 aromatic rings. The van der Waals surface area contributed by atoms with Crippen molar-refractivity contribution in [3.63, 3.8) is 0 Å². The summed E-state index contributed by atoms with van der Waals surface area (Å²) in [5.74, 6) is -2.38. The van der Waals surface area contributed by atoms with Crippen LogP contribution in [0.25, 0.3) is 0 Å². The Bertz CT molecular complexity index is 949. The fourth-order valence-corrected chi connectivity index (χ4v) is 8.00. The lowest BCUT2D eigenvalue weighted by Gasteiger charge is -2.63. The summed E-state index contributed by atoms with van der Waals surface area (Å²) < 4.78 is 45.0. The molecule has 5 aliphatic rings. The molecule has 0 bridgehead atoms. The van der Waals surface area contributed by atoms with E-state index in [1.807, 2.05) is 6.92 Å². The van der Waals surface area contributed by atoms with Crippen LogP contribution in [0, 0.1) is 22.7 Å². The lowest BCUT2D eigenvalue weighted by molar-refractivity contribution is -0.234. The van der Waals surface area contributed by atoms with E-state index < -0.39 is 76.8 Å². The van der Waals surface area contributed by atoms with E-state index in [1.54, 1.807) is 13.8 Å². The van der Waals surface area contributed by atoms with Crippen molar-refractivity contribution in [1.82, 2.24) is 0 Å². The Morgan fingerprint density at radius 3 is 2.67 bits per heavy atom. The molecule has 4 fully saturated rings. The van der Waals surface area contributed by atoms with Crippen LogP contribution in [0.1, 0.15) is 52.9 Å². The summed E-state index contributed by atoms with van der Waals surface area (Å²) in [6.45, 7) is 4.53. The maximum Gasteiger partial charge on any atom is 0.193 e. The zero-order chi connectivity index (χ0) is 24.0. The van der Waals surface area contributed by atoms with Gasteiger partial charge in [0.1, 0.15) is 12.8 Å². The van der Waals surface area contributed by atoms with Gasteiger partial charge in [0.05, 0.1) is 12.2 Å². The average Bonchev–Trinajstić information content (AvgIpc) is 3.24. The maximum atomic E-state index is 17.2. The van der Waals surface area contributed by atoms with E-state index in [0.29, 0.717) is 6.42 Å². The highest BCUT2D eigenvalue weighted by Gasteiger charge is 2.79. The van der Waals surface area contributed by atoms with E-state index in [-0.39, 0.29) is 24.8 Å². The smallest absolute Gasteiger partial charge is 0.193 e. The van der Waals surface area contributed by atoms with Crippen LogP contribution >= 0.6 is 0 Å². The first kappa shape index (κ1) is 23.3. The molecule has 0 aromatic heterocycles. The second-order valence-electron chi connectivity index (χ2n) is 10.9. The molecule has 0 spiro atoms. The van der Waals surface area contributed by atoms with E-state index in [1.165, 1.54) is 12.2 Å². The third-order valence-corrected chi connectivity index (χ3v) is 9.50. The first-order chi connectivity index (χ1) is 15.5. The van der Waals surface area contributed by atoms with Crippen molar-refractivity contribution in [3.8, 4) is 0 Å². The van der Waals surface area contributed by atoms with Crippen molar-refractivity contribution in [2.24, 2.45) is 22.7 Å². The monoisotopic (exact) mass is 466 g/mol. The fraction of sp³-hybridized carbons (Fsp3) is 0.760. The van der Waals surface area contributed by atoms with E-state index in [4.69, 9.17) is 9.47 Å². The molecule has 2 N–H and O–H groups in total. The first-order valence-electron chi connectivity index (χ1n) is 11.9. The topological polar surface area (TPSA) is 93.1 Å². The molecular formula is C25H32F2O6. The number of allylic oxidation sites excluding steroid dienone is 4. The summed E-state index contributed by atoms with van der Waals surface area (Å²) in [5.41, 5.74) is -6.22. The molecule has 3 saturated carbocycles. The second kappa shape index (κ2) is 7.26. The number of rotatable bonds is 4. The van der Waals surface area contributed by atoms with Crippen LogP contribution in [0.2, 0.25) is 0 Å². The van der Waals surface area contributed by atoms with Gasteiger partial charge in [0.25, 0.3) is 0 Å². The van der Waals surface area contributed by atoms with Crippen molar-refractivity contribution in [1.29, 1.82) is 0 Å². The van der Waals surface area contributed by atoms with Crippen LogP contribution in [0.3, 0.4) is 0 Å². The van der Waals surface area contributed by atoms with Gasteiger partial charge in [-0.3, -0.25) is 9.59 Å². The van der Waals surface area contributed by atoms with E-state index in [9.17, 15) is 19.8 Å². The molecular weight excluding hydrogens is 434 g/mol. The van der Waals surface area contributed by atoms with Crippen LogP contribution in [0.15, 0.2) is 23.8 Å². The molecule has 1 heterocycles. The number of ether oxygens (including phenoxy) is 2. The Balaban J connectivity index is 1.62. The highest BCUT2D eigenvalue weighted by Crippen LogP contribution is 2.72. The van der Waals surface area contributed by atoms with Gasteiger partial charge in [-0.05, 0) is 56.3 Å². The van der Waals surface area contributed by atoms with Gasteiger partial charge in [-0.2, -0.15) is 0 Å². The molecule has 4 aliphatic carbocycles. The minimum Gasteiger partial charge on any atom is -0.390 e. The van der Waals surface area contributed by atoms with Gasteiger partial charge >= 0.3 is 0 Å². The van der Waals surface area contributed by atoms with Crippen molar-refractivity contribution in [2.75, 3.05) is 6.61 Å². The molecule has 0 aromatic carbocycles. The summed E-state index contributed by atoms with van der Waals surface area (Å²) in [7, 11) is 0. The van der Waals surface area contributed by atoms with Gasteiger partial charge in [-0.25, -0.2) is 8.78 Å². The summed E-state index contributed by atoms with van der Waals surface area (Å²) in [4.78, 5) is 25.1. The van der Waals surface area contributed by atoms with Crippen LogP contribution < -0.4 is 0 Å². The number of Topliss-reactive ketones (excluding diaryl/α,β-unsaturated/α-hetero) is 1.